The molecule has 134 valence electrons. The number of aliphatic hydroxyl groups is 1. The zero-order chi connectivity index (χ0) is 17.6. The van der Waals surface area contributed by atoms with E-state index in [1.54, 1.807) is 0 Å². The summed E-state index contributed by atoms with van der Waals surface area (Å²) in [5.41, 5.74) is 2.57. The normalized spacial score (nSPS) is 16.1. The molecular formula is C20H24F2N2O. The standard InChI is InChI=1S/C20H24F2N2O/c21-18-6-5-16(19(22)11-18)12-23-20-4-2-1-3-17(20)13-24-9-7-15(14-25)8-10-24/h1-6,11,15,23,25H,7-10,12-14H2. The van der Waals surface area contributed by atoms with E-state index in [4.69, 9.17) is 0 Å². The molecule has 0 unspecified atom stereocenters. The van der Waals surface area contributed by atoms with Crippen molar-refractivity contribution in [3.63, 3.8) is 0 Å². The van der Waals surface area contributed by atoms with Gasteiger partial charge < -0.3 is 10.4 Å². The molecule has 3 rings (SSSR count). The number of benzene rings is 2. The van der Waals surface area contributed by atoms with Crippen molar-refractivity contribution in [3.8, 4) is 0 Å². The maximum atomic E-state index is 13.8. The summed E-state index contributed by atoms with van der Waals surface area (Å²) in [5, 5.41) is 12.5. The van der Waals surface area contributed by atoms with Gasteiger partial charge in [-0.2, -0.15) is 0 Å². The van der Waals surface area contributed by atoms with E-state index in [9.17, 15) is 13.9 Å². The number of likely N-dealkylation sites (tertiary alicyclic amines) is 1. The van der Waals surface area contributed by atoms with Crippen LogP contribution in [0.2, 0.25) is 0 Å². The van der Waals surface area contributed by atoms with Crippen molar-refractivity contribution < 1.29 is 13.9 Å². The lowest BCUT2D eigenvalue weighted by Crippen LogP contribution is -2.34. The summed E-state index contributed by atoms with van der Waals surface area (Å²) in [6, 6.07) is 11.7. The highest BCUT2D eigenvalue weighted by Gasteiger charge is 2.19. The van der Waals surface area contributed by atoms with Gasteiger partial charge >= 0.3 is 0 Å². The fraction of sp³-hybridized carbons (Fsp3) is 0.400. The number of nitrogens with zero attached hydrogens (tertiary/aromatic N) is 1. The van der Waals surface area contributed by atoms with Gasteiger partial charge in [0.15, 0.2) is 0 Å². The molecule has 2 N–H and O–H groups in total. The molecule has 0 atom stereocenters. The highest BCUT2D eigenvalue weighted by molar-refractivity contribution is 5.51. The molecule has 0 amide bonds. The number of para-hydroxylation sites is 1. The largest absolute Gasteiger partial charge is 0.396 e. The zero-order valence-corrected chi connectivity index (χ0v) is 14.2. The third-order valence-corrected chi connectivity index (χ3v) is 4.86. The first kappa shape index (κ1) is 17.8. The monoisotopic (exact) mass is 346 g/mol. The molecule has 1 fully saturated rings. The molecule has 0 radical (unpaired) electrons. The molecule has 0 spiro atoms. The van der Waals surface area contributed by atoms with Gasteiger partial charge in [0.1, 0.15) is 11.6 Å². The minimum atomic E-state index is -0.562. The first-order chi connectivity index (χ1) is 12.2. The van der Waals surface area contributed by atoms with Crippen molar-refractivity contribution in [2.45, 2.75) is 25.9 Å². The van der Waals surface area contributed by atoms with Crippen LogP contribution in [0, 0.1) is 17.6 Å². The van der Waals surface area contributed by atoms with Gasteiger partial charge in [-0.3, -0.25) is 4.90 Å². The lowest BCUT2D eigenvalue weighted by atomic mass is 9.97. The Hall–Kier alpha value is -1.98. The second-order valence-electron chi connectivity index (χ2n) is 6.65. The molecule has 25 heavy (non-hydrogen) atoms. The van der Waals surface area contributed by atoms with Gasteiger partial charge in [0.05, 0.1) is 0 Å². The van der Waals surface area contributed by atoms with Crippen molar-refractivity contribution in [1.82, 2.24) is 4.90 Å². The van der Waals surface area contributed by atoms with Gasteiger partial charge in [-0.25, -0.2) is 8.78 Å². The van der Waals surface area contributed by atoms with Crippen molar-refractivity contribution in [3.05, 3.63) is 65.2 Å². The Morgan fingerprint density at radius 3 is 2.52 bits per heavy atom. The van der Waals surface area contributed by atoms with Crippen LogP contribution in [0.15, 0.2) is 42.5 Å². The van der Waals surface area contributed by atoms with Crippen molar-refractivity contribution in [2.24, 2.45) is 5.92 Å². The molecule has 0 saturated carbocycles. The Kier molecular flexibility index (Phi) is 6.00. The summed E-state index contributed by atoms with van der Waals surface area (Å²) in [7, 11) is 0. The third kappa shape index (κ3) is 4.77. The van der Waals surface area contributed by atoms with E-state index < -0.39 is 11.6 Å². The SMILES string of the molecule is OCC1CCN(Cc2ccccc2NCc2ccc(F)cc2F)CC1. The number of piperidine rings is 1. The minimum absolute atomic E-state index is 0.273. The maximum Gasteiger partial charge on any atom is 0.131 e. The quantitative estimate of drug-likeness (QED) is 0.836. The van der Waals surface area contributed by atoms with Crippen LogP contribution in [0.4, 0.5) is 14.5 Å². The highest BCUT2D eigenvalue weighted by atomic mass is 19.1. The summed E-state index contributed by atoms with van der Waals surface area (Å²) in [6.45, 7) is 3.37. The number of aliphatic hydroxyl groups excluding tert-OH is 1. The van der Waals surface area contributed by atoms with Crippen molar-refractivity contribution in [2.75, 3.05) is 25.0 Å². The van der Waals surface area contributed by atoms with Crippen LogP contribution in [-0.4, -0.2) is 29.7 Å². The summed E-state index contributed by atoms with van der Waals surface area (Å²) in [5.74, 6) is -0.671. The third-order valence-electron chi connectivity index (χ3n) is 4.86. The molecule has 1 aliphatic rings. The van der Waals surface area contributed by atoms with Gasteiger partial charge in [-0.1, -0.05) is 24.3 Å². The van der Waals surface area contributed by atoms with Crippen LogP contribution >= 0.6 is 0 Å². The van der Waals surface area contributed by atoms with E-state index in [0.717, 1.165) is 49.8 Å². The summed E-state index contributed by atoms with van der Waals surface area (Å²) < 4.78 is 26.8. The lowest BCUT2D eigenvalue weighted by molar-refractivity contribution is 0.127. The van der Waals surface area contributed by atoms with E-state index in [1.165, 1.54) is 12.1 Å². The second-order valence-corrected chi connectivity index (χ2v) is 6.65. The fourth-order valence-corrected chi connectivity index (χ4v) is 3.25. The number of rotatable bonds is 6. The predicted molar refractivity (Wildman–Crippen MR) is 95.2 cm³/mol. The van der Waals surface area contributed by atoms with Gasteiger partial charge in [-0.15, -0.1) is 0 Å². The Labute approximate surface area is 147 Å². The van der Waals surface area contributed by atoms with E-state index in [0.29, 0.717) is 18.0 Å². The molecule has 0 aromatic heterocycles. The van der Waals surface area contributed by atoms with Gasteiger partial charge in [-0.05, 0) is 49.5 Å². The zero-order valence-electron chi connectivity index (χ0n) is 14.2. The minimum Gasteiger partial charge on any atom is -0.396 e. The molecule has 1 saturated heterocycles. The Bertz CT molecular complexity index is 700. The molecule has 1 heterocycles. The number of hydrogen-bond acceptors (Lipinski definition) is 3. The van der Waals surface area contributed by atoms with Gasteiger partial charge in [0, 0.05) is 37.0 Å². The first-order valence-corrected chi connectivity index (χ1v) is 8.74. The van der Waals surface area contributed by atoms with E-state index in [1.807, 2.05) is 18.2 Å². The van der Waals surface area contributed by atoms with Crippen LogP contribution in [0.5, 0.6) is 0 Å². The number of nitrogens with one attached hydrogen (secondary N) is 1. The average Bonchev–Trinajstić information content (AvgIpc) is 2.63. The van der Waals surface area contributed by atoms with E-state index in [-0.39, 0.29) is 6.61 Å². The van der Waals surface area contributed by atoms with Crippen molar-refractivity contribution in [1.29, 1.82) is 0 Å². The molecule has 1 aliphatic heterocycles. The Morgan fingerprint density at radius 1 is 1.04 bits per heavy atom. The molecule has 2 aromatic carbocycles. The van der Waals surface area contributed by atoms with Gasteiger partial charge in [0.2, 0.25) is 0 Å². The molecule has 2 aromatic rings. The van der Waals surface area contributed by atoms with Crippen LogP contribution in [0.1, 0.15) is 24.0 Å². The topological polar surface area (TPSA) is 35.5 Å². The van der Waals surface area contributed by atoms with Crippen LogP contribution in [0.25, 0.3) is 0 Å². The number of hydrogen-bond donors (Lipinski definition) is 2. The summed E-state index contributed by atoms with van der Waals surface area (Å²) in [4.78, 5) is 2.38. The predicted octanol–water partition coefficient (Wildman–Crippen LogP) is 3.78. The smallest absolute Gasteiger partial charge is 0.131 e. The van der Waals surface area contributed by atoms with E-state index >= 15 is 0 Å². The van der Waals surface area contributed by atoms with Crippen LogP contribution in [0.3, 0.4) is 0 Å². The number of anilines is 1. The summed E-state index contributed by atoms with van der Waals surface area (Å²) in [6.07, 6.45) is 2.04. The maximum absolute atomic E-state index is 13.8. The average molecular weight is 346 g/mol. The highest BCUT2D eigenvalue weighted by Crippen LogP contribution is 2.23. The first-order valence-electron chi connectivity index (χ1n) is 8.74. The molecule has 0 bridgehead atoms. The Balaban J connectivity index is 1.63. The Morgan fingerprint density at radius 2 is 1.80 bits per heavy atom. The van der Waals surface area contributed by atoms with E-state index in [2.05, 4.69) is 16.3 Å². The van der Waals surface area contributed by atoms with Crippen LogP contribution in [-0.2, 0) is 13.1 Å². The van der Waals surface area contributed by atoms with Crippen LogP contribution < -0.4 is 5.32 Å². The second kappa shape index (κ2) is 8.41. The summed E-state index contributed by atoms with van der Waals surface area (Å²) >= 11 is 0. The lowest BCUT2D eigenvalue weighted by Gasteiger charge is -2.31. The number of halogens is 2. The molecule has 0 aliphatic carbocycles. The fourth-order valence-electron chi connectivity index (χ4n) is 3.25. The molecule has 3 nitrogen and oxygen atoms in total. The van der Waals surface area contributed by atoms with Crippen molar-refractivity contribution >= 4 is 5.69 Å². The molecule has 5 heteroatoms. The molecular weight excluding hydrogens is 322 g/mol. The van der Waals surface area contributed by atoms with Gasteiger partial charge in [0.25, 0.3) is 0 Å².